The molecule has 8 aliphatic rings. The fraction of sp³-hybridized carbons (Fsp3) is 0.911. The third kappa shape index (κ3) is 55.9. The van der Waals surface area contributed by atoms with Crippen molar-refractivity contribution in [2.24, 2.45) is 47.3 Å². The number of amides is 2. The van der Waals surface area contributed by atoms with Crippen molar-refractivity contribution in [3.05, 3.63) is 0 Å². The van der Waals surface area contributed by atoms with Crippen molar-refractivity contribution in [3.8, 4) is 0 Å². The van der Waals surface area contributed by atoms with Gasteiger partial charge in [0.25, 0.3) is 0 Å². The smallest absolute Gasteiger partial charge is 0.315 e. The summed E-state index contributed by atoms with van der Waals surface area (Å²) >= 11 is 0. The fourth-order valence-corrected chi connectivity index (χ4v) is 21.0. The van der Waals surface area contributed by atoms with E-state index in [-0.39, 0.29) is 105 Å². The van der Waals surface area contributed by atoms with E-state index in [1.165, 1.54) is 0 Å². The second-order valence-electron chi connectivity index (χ2n) is 41.5. The van der Waals surface area contributed by atoms with Crippen LogP contribution in [0.25, 0.3) is 0 Å². The van der Waals surface area contributed by atoms with Crippen LogP contribution >= 0.6 is 0 Å². The van der Waals surface area contributed by atoms with Crippen molar-refractivity contribution in [2.45, 2.75) is 331 Å². The van der Waals surface area contributed by atoms with Crippen molar-refractivity contribution in [2.75, 3.05) is 285 Å². The Morgan fingerprint density at radius 1 is 0.238 bits per heavy atom. The molecule has 0 aromatic carbocycles. The normalized spacial score (nSPS) is 22.7. The molecule has 3 unspecified atom stereocenters. The van der Waals surface area contributed by atoms with Gasteiger partial charge in [0.15, 0.2) is 5.78 Å². The zero-order valence-corrected chi connectivity index (χ0v) is 93.1. The first-order valence-corrected chi connectivity index (χ1v) is 57.3. The van der Waals surface area contributed by atoms with E-state index in [0.717, 1.165) is 331 Å². The van der Waals surface area contributed by atoms with Crippen molar-refractivity contribution in [3.63, 3.8) is 0 Å². The molecule has 2 amide bonds. The molecule has 4 aliphatic carbocycles. The van der Waals surface area contributed by atoms with E-state index in [2.05, 4.69) is 139 Å². The zero-order chi connectivity index (χ0) is 104. The summed E-state index contributed by atoms with van der Waals surface area (Å²) in [6.45, 7) is 52.1. The molecule has 0 bridgehead atoms. The Balaban J connectivity index is 0.000000374. The molecule has 0 spiro atoms. The van der Waals surface area contributed by atoms with Gasteiger partial charge in [-0.05, 0) is 209 Å². The summed E-state index contributed by atoms with van der Waals surface area (Å²) in [5.74, 6) is 1.32. The fourth-order valence-electron chi connectivity index (χ4n) is 21.0. The predicted octanol–water partition coefficient (Wildman–Crippen LogP) is 13.8. The lowest BCUT2D eigenvalue weighted by atomic mass is 9.85. The van der Waals surface area contributed by atoms with E-state index < -0.39 is 6.04 Å². The molecular weight excluding hydrogens is 1820 g/mol. The Bertz CT molecular complexity index is 2810. The third-order valence-electron chi connectivity index (χ3n) is 29.2. The van der Waals surface area contributed by atoms with Crippen LogP contribution in [0.2, 0.25) is 0 Å². The summed E-state index contributed by atoms with van der Waals surface area (Å²) < 4.78 is 54.9. The van der Waals surface area contributed by atoms with E-state index in [4.69, 9.17) is 47.4 Å². The molecule has 8 fully saturated rings. The highest BCUT2D eigenvalue weighted by atomic mass is 16.5. The SMILES string of the molecule is CCCOCCCC(=O)C(CNC)NC(=O)NCCOCCC.CCCOCCCC(=O)[C@@H]1CC(N2CCN(C)CC2)C[C@H]1C(=O)CCCOCCC.CCCOCCCC(=O)[C@H]1CC(N2CCN(C)CC2)C[C@@H]1C(=O)CCCOCCC.CCCOCCCC(=O)[C@H]1CC(N2CCN(C)CC2)C[C@H]1C(=O)CCCOCCC.CCCOCCCC(=O)[C@H]1CC(N2CCN(C)CC2)C[C@H]1C(=O)CCCOCCC. The molecule has 3 N–H and O–H groups in total. The lowest BCUT2D eigenvalue weighted by molar-refractivity contribution is -0.131. The highest BCUT2D eigenvalue weighted by molar-refractivity contribution is 5.93. The van der Waals surface area contributed by atoms with E-state index in [1.807, 2.05) is 13.8 Å². The highest BCUT2D eigenvalue weighted by Gasteiger charge is 2.49. The van der Waals surface area contributed by atoms with Crippen LogP contribution in [0.15, 0.2) is 0 Å². The van der Waals surface area contributed by atoms with Crippen LogP contribution in [0, 0.1) is 47.3 Å². The molecule has 143 heavy (non-hydrogen) atoms. The lowest BCUT2D eigenvalue weighted by Crippen LogP contribution is -2.50. The summed E-state index contributed by atoms with van der Waals surface area (Å²) in [7, 11) is 10.4. The van der Waals surface area contributed by atoms with Gasteiger partial charge in [-0.25, -0.2) is 4.79 Å². The molecule has 31 heteroatoms. The summed E-state index contributed by atoms with van der Waals surface area (Å²) in [4.78, 5) is 148. The van der Waals surface area contributed by atoms with Crippen molar-refractivity contribution >= 4 is 58.1 Å². The molecule has 11 atom stereocenters. The Labute approximate surface area is 867 Å². The van der Waals surface area contributed by atoms with Crippen LogP contribution in [-0.4, -0.2) is 413 Å². The topological polar surface area (TPSA) is 325 Å². The van der Waals surface area contributed by atoms with Crippen molar-refractivity contribution in [1.29, 1.82) is 0 Å². The summed E-state index contributed by atoms with van der Waals surface area (Å²) in [5.41, 5.74) is 0. The van der Waals surface area contributed by atoms with E-state index >= 15 is 0 Å². The number of nitrogens with zero attached hydrogens (tertiary/aromatic N) is 8. The van der Waals surface area contributed by atoms with Crippen LogP contribution in [0.3, 0.4) is 0 Å². The standard InChI is InChI=1S/4C24H44N2O4.C16H33N3O4/c4*1-4-14-29-16-6-8-23(27)21-18-20(26-12-10-25(3)11-13-26)19-22(21)24(28)9-7-17-30-15-5-2;1-4-9-22-11-6-7-15(20)14(13-17-3)19-16(21)18-8-12-23-10-5-2/h4*20-22H,4-19H2,1-3H3;14,17H,4-13H2,1-3H3,(H2,18,19,21)/t2*21-,22-;2*20?,21-,22+;/m10.../s1. The third-order valence-corrected chi connectivity index (χ3v) is 29.2. The van der Waals surface area contributed by atoms with E-state index in [1.54, 1.807) is 7.05 Å². The largest absolute Gasteiger partial charge is 0.381 e. The number of hydrogen-bond donors (Lipinski definition) is 3. The molecule has 0 radical (unpaired) electrons. The van der Waals surface area contributed by atoms with Crippen LogP contribution in [0.4, 0.5) is 4.79 Å². The number of piperazine rings is 4. The molecule has 0 aromatic heterocycles. The van der Waals surface area contributed by atoms with Gasteiger partial charge >= 0.3 is 6.03 Å². The molecule has 4 saturated heterocycles. The van der Waals surface area contributed by atoms with Crippen LogP contribution in [0.1, 0.15) is 300 Å². The van der Waals surface area contributed by atoms with Gasteiger partial charge in [-0.3, -0.25) is 62.8 Å². The minimum absolute atomic E-state index is 0.0110. The monoisotopic (exact) mass is 2030 g/mol. The minimum atomic E-state index is -0.525. The van der Waals surface area contributed by atoms with E-state index in [9.17, 15) is 47.9 Å². The number of ketones is 9. The molecule has 4 heterocycles. The number of urea groups is 1. The Morgan fingerprint density at radius 2 is 0.406 bits per heavy atom. The predicted molar refractivity (Wildman–Crippen MR) is 570 cm³/mol. The highest BCUT2D eigenvalue weighted by Crippen LogP contribution is 2.43. The summed E-state index contributed by atoms with van der Waals surface area (Å²) in [6, 6.07) is 0.607. The second-order valence-corrected chi connectivity index (χ2v) is 41.5. The summed E-state index contributed by atoms with van der Waals surface area (Å²) in [5, 5.41) is 8.32. The number of hydrogen-bond acceptors (Lipinski definition) is 29. The molecule has 31 nitrogen and oxygen atoms in total. The number of ether oxygens (including phenoxy) is 10. The van der Waals surface area contributed by atoms with Gasteiger partial charge in [0, 0.05) is 373 Å². The van der Waals surface area contributed by atoms with Crippen molar-refractivity contribution in [1.82, 2.24) is 55.1 Å². The molecular formula is C112H209N11O20. The van der Waals surface area contributed by atoms with Crippen LogP contribution in [0.5, 0.6) is 0 Å². The Hall–Kier alpha value is -4.46. The van der Waals surface area contributed by atoms with Gasteiger partial charge in [-0.15, -0.1) is 0 Å². The zero-order valence-electron chi connectivity index (χ0n) is 93.1. The van der Waals surface area contributed by atoms with Gasteiger partial charge in [0.1, 0.15) is 52.3 Å². The van der Waals surface area contributed by atoms with Crippen LogP contribution in [-0.2, 0) is 90.5 Å². The van der Waals surface area contributed by atoms with Gasteiger partial charge in [-0.2, -0.15) is 0 Å². The van der Waals surface area contributed by atoms with Gasteiger partial charge in [-0.1, -0.05) is 69.2 Å². The number of Topliss-reactive ketones (excluding diaryl/α,β-unsaturated/α-hetero) is 9. The maximum Gasteiger partial charge on any atom is 0.315 e. The van der Waals surface area contributed by atoms with Crippen molar-refractivity contribution < 1.29 is 95.3 Å². The maximum atomic E-state index is 13.0. The number of carbonyl (C=O) groups excluding carboxylic acids is 10. The van der Waals surface area contributed by atoms with Gasteiger partial charge in [0.05, 0.1) is 6.61 Å². The Morgan fingerprint density at radius 3 is 0.573 bits per heavy atom. The average molecular weight is 2030 g/mol. The van der Waals surface area contributed by atoms with Gasteiger partial charge in [0.2, 0.25) is 0 Å². The van der Waals surface area contributed by atoms with Gasteiger partial charge < -0.3 is 82.9 Å². The first-order valence-electron chi connectivity index (χ1n) is 57.3. The molecule has 8 rings (SSSR count). The number of carbonyl (C=O) groups is 10. The lowest BCUT2D eigenvalue weighted by Gasteiger charge is -2.36. The minimum Gasteiger partial charge on any atom is -0.381 e. The molecule has 0 aromatic rings. The maximum absolute atomic E-state index is 13.0. The molecule has 4 saturated carbocycles. The molecule has 832 valence electrons. The Kier molecular flexibility index (Phi) is 76.1. The number of rotatable bonds is 75. The number of likely N-dealkylation sites (N-methyl/N-ethyl adjacent to an activating group) is 5. The average Bonchev–Trinajstić information content (AvgIpc) is 1.68. The van der Waals surface area contributed by atoms with Crippen LogP contribution < -0.4 is 16.0 Å². The number of nitrogens with one attached hydrogen (secondary N) is 3. The first-order chi connectivity index (χ1) is 69.4. The quantitative estimate of drug-likeness (QED) is 0.0476. The summed E-state index contributed by atoms with van der Waals surface area (Å²) in [6.07, 6.45) is 28.2. The molecule has 4 aliphatic heterocycles. The second kappa shape index (κ2) is 83.2. The van der Waals surface area contributed by atoms with E-state index in [0.29, 0.717) is 174 Å². The first kappa shape index (κ1) is 131.